The first kappa shape index (κ1) is 15.1. The molecule has 4 nitrogen and oxygen atoms in total. The number of nitrogens with one attached hydrogen (secondary N) is 2. The summed E-state index contributed by atoms with van der Waals surface area (Å²) < 4.78 is 18.3. The number of carbonyl (C=O) groups excluding carboxylic acids is 1. The van der Waals surface area contributed by atoms with Gasteiger partial charge < -0.3 is 15.4 Å². The molecule has 2 amide bonds. The Labute approximate surface area is 126 Å². The third-order valence-electron chi connectivity index (χ3n) is 2.49. The maximum atomic E-state index is 13.0. The van der Waals surface area contributed by atoms with Crippen LogP contribution in [-0.2, 0) is 0 Å². The number of hydrogen-bond donors (Lipinski definition) is 2. The van der Waals surface area contributed by atoms with Gasteiger partial charge in [-0.25, -0.2) is 9.18 Å². The molecule has 0 aliphatic carbocycles. The molecule has 0 spiro atoms. The van der Waals surface area contributed by atoms with E-state index < -0.39 is 17.4 Å². The van der Waals surface area contributed by atoms with Gasteiger partial charge in [0.25, 0.3) is 0 Å². The van der Waals surface area contributed by atoms with Crippen molar-refractivity contribution < 1.29 is 13.9 Å². The van der Waals surface area contributed by atoms with E-state index in [0.717, 1.165) is 0 Å². The molecule has 2 N–H and O–H groups in total. The Kier molecular flexibility index (Phi) is 5.00. The maximum Gasteiger partial charge on any atom is 0.323 e. The van der Waals surface area contributed by atoms with Crippen molar-refractivity contribution in [1.82, 2.24) is 0 Å². The largest absolute Gasteiger partial charge is 0.475 e. The van der Waals surface area contributed by atoms with Gasteiger partial charge in [0.15, 0.2) is 5.56 Å². The molecule has 2 aromatic carbocycles. The van der Waals surface area contributed by atoms with Crippen LogP contribution in [0.5, 0.6) is 5.75 Å². The van der Waals surface area contributed by atoms with Gasteiger partial charge in [-0.2, -0.15) is 0 Å². The predicted octanol–water partition coefficient (Wildman–Crippen LogP) is 4.43. The molecule has 0 aromatic heterocycles. The predicted molar refractivity (Wildman–Crippen MR) is 81.4 cm³/mol. The van der Waals surface area contributed by atoms with E-state index in [1.54, 1.807) is 37.3 Å². The Bertz CT molecular complexity index is 617. The fourth-order valence-corrected chi connectivity index (χ4v) is 1.77. The molecule has 2 rings (SSSR count). The fourth-order valence-electron chi connectivity index (χ4n) is 1.66. The molecule has 0 bridgehead atoms. The summed E-state index contributed by atoms with van der Waals surface area (Å²) in [4.78, 5) is 11.8. The summed E-state index contributed by atoms with van der Waals surface area (Å²) in [6.07, 6.45) is 0. The molecular formula is C15H14ClFN2O2. The molecular weight excluding hydrogens is 295 g/mol. The van der Waals surface area contributed by atoms with Crippen LogP contribution in [0.2, 0.25) is 0 Å². The molecule has 0 heterocycles. The van der Waals surface area contributed by atoms with Crippen LogP contribution in [-0.4, -0.2) is 11.6 Å². The molecule has 110 valence electrons. The van der Waals surface area contributed by atoms with Crippen molar-refractivity contribution >= 4 is 29.0 Å². The number of alkyl halides is 1. The van der Waals surface area contributed by atoms with Crippen molar-refractivity contribution in [2.75, 3.05) is 10.6 Å². The highest BCUT2D eigenvalue weighted by Gasteiger charge is 2.04. The zero-order chi connectivity index (χ0) is 15.2. The van der Waals surface area contributed by atoms with Gasteiger partial charge in [-0.05, 0) is 49.4 Å². The number of urea groups is 1. The van der Waals surface area contributed by atoms with Gasteiger partial charge in [0.2, 0.25) is 0 Å². The minimum absolute atomic E-state index is 0.378. The monoisotopic (exact) mass is 308 g/mol. The molecule has 0 fully saturated rings. The first-order valence-corrected chi connectivity index (χ1v) is 6.71. The lowest BCUT2D eigenvalue weighted by atomic mass is 10.3. The van der Waals surface area contributed by atoms with Crippen LogP contribution in [0, 0.1) is 5.82 Å². The standard InChI is InChI=1S/C15H14ClFN2O2/c1-10(16)21-14-7-5-12(6-8-14)18-15(20)19-13-4-2-3-11(17)9-13/h2-10H,1H3,(H2,18,19,20). The lowest BCUT2D eigenvalue weighted by molar-refractivity contribution is 0.262. The molecule has 0 saturated carbocycles. The number of ether oxygens (including phenoxy) is 1. The van der Waals surface area contributed by atoms with E-state index in [-0.39, 0.29) is 0 Å². The van der Waals surface area contributed by atoms with Crippen molar-refractivity contribution in [2.24, 2.45) is 0 Å². The molecule has 1 atom stereocenters. The number of amides is 2. The average molecular weight is 309 g/mol. The first-order valence-electron chi connectivity index (χ1n) is 6.27. The topological polar surface area (TPSA) is 50.4 Å². The number of carbonyl (C=O) groups is 1. The van der Waals surface area contributed by atoms with Gasteiger partial charge in [-0.1, -0.05) is 17.7 Å². The Balaban J connectivity index is 1.93. The second-order valence-electron chi connectivity index (χ2n) is 4.27. The van der Waals surface area contributed by atoms with Crippen molar-refractivity contribution in [3.8, 4) is 5.75 Å². The summed E-state index contributed by atoms with van der Waals surface area (Å²) in [5.41, 5.74) is 0.530. The number of benzene rings is 2. The van der Waals surface area contributed by atoms with Crippen LogP contribution >= 0.6 is 11.6 Å². The van der Waals surface area contributed by atoms with Crippen LogP contribution in [0.15, 0.2) is 48.5 Å². The quantitative estimate of drug-likeness (QED) is 0.821. The molecule has 21 heavy (non-hydrogen) atoms. The molecule has 0 saturated heterocycles. The number of rotatable bonds is 4. The first-order chi connectivity index (χ1) is 10.0. The maximum absolute atomic E-state index is 13.0. The van der Waals surface area contributed by atoms with Crippen molar-refractivity contribution in [3.05, 3.63) is 54.3 Å². The summed E-state index contributed by atoms with van der Waals surface area (Å²) in [5, 5.41) is 5.17. The Morgan fingerprint density at radius 3 is 2.43 bits per heavy atom. The average Bonchev–Trinajstić information content (AvgIpc) is 2.40. The highest BCUT2D eigenvalue weighted by atomic mass is 35.5. The molecule has 0 radical (unpaired) electrons. The van der Waals surface area contributed by atoms with Crippen molar-refractivity contribution in [3.63, 3.8) is 0 Å². The van der Waals surface area contributed by atoms with Crippen LogP contribution < -0.4 is 15.4 Å². The van der Waals surface area contributed by atoms with Gasteiger partial charge in [-0.3, -0.25) is 0 Å². The SMILES string of the molecule is CC(Cl)Oc1ccc(NC(=O)Nc2cccc(F)c2)cc1. The lowest BCUT2D eigenvalue weighted by Gasteiger charge is -2.10. The number of hydrogen-bond acceptors (Lipinski definition) is 2. The summed E-state index contributed by atoms with van der Waals surface area (Å²) in [5.74, 6) is 0.193. The van der Waals surface area contributed by atoms with E-state index in [1.165, 1.54) is 18.2 Å². The Morgan fingerprint density at radius 1 is 1.14 bits per heavy atom. The summed E-state index contributed by atoms with van der Waals surface area (Å²) >= 11 is 5.71. The molecule has 0 aliphatic rings. The number of halogens is 2. The minimum atomic E-state index is -0.458. The van der Waals surface area contributed by atoms with Crippen molar-refractivity contribution in [2.45, 2.75) is 12.5 Å². The van der Waals surface area contributed by atoms with Gasteiger partial charge in [0.1, 0.15) is 11.6 Å². The van der Waals surface area contributed by atoms with Crippen LogP contribution in [0.4, 0.5) is 20.6 Å². The third-order valence-corrected chi connectivity index (χ3v) is 2.58. The second kappa shape index (κ2) is 6.95. The van der Waals surface area contributed by atoms with Crippen LogP contribution in [0.1, 0.15) is 6.92 Å². The van der Waals surface area contributed by atoms with E-state index in [2.05, 4.69) is 10.6 Å². The van der Waals surface area contributed by atoms with Crippen LogP contribution in [0.3, 0.4) is 0 Å². The summed E-state index contributed by atoms with van der Waals surface area (Å²) in [6, 6.07) is 11.9. The van der Waals surface area contributed by atoms with Gasteiger partial charge in [-0.15, -0.1) is 0 Å². The normalized spacial score (nSPS) is 11.6. The van der Waals surface area contributed by atoms with Crippen LogP contribution in [0.25, 0.3) is 0 Å². The summed E-state index contributed by atoms with van der Waals surface area (Å²) in [7, 11) is 0. The Hall–Kier alpha value is -2.27. The highest BCUT2D eigenvalue weighted by Crippen LogP contribution is 2.18. The summed E-state index contributed by atoms with van der Waals surface area (Å²) in [6.45, 7) is 1.71. The van der Waals surface area contributed by atoms with Gasteiger partial charge in [0, 0.05) is 11.4 Å². The number of anilines is 2. The highest BCUT2D eigenvalue weighted by molar-refractivity contribution is 6.19. The van der Waals surface area contributed by atoms with E-state index in [9.17, 15) is 9.18 Å². The third kappa shape index (κ3) is 4.96. The second-order valence-corrected chi connectivity index (χ2v) is 4.89. The molecule has 6 heteroatoms. The van der Waals surface area contributed by atoms with E-state index >= 15 is 0 Å². The molecule has 0 aliphatic heterocycles. The minimum Gasteiger partial charge on any atom is -0.475 e. The fraction of sp³-hybridized carbons (Fsp3) is 0.133. The molecule has 1 unspecified atom stereocenters. The van der Waals surface area contributed by atoms with E-state index in [4.69, 9.17) is 16.3 Å². The van der Waals surface area contributed by atoms with Gasteiger partial charge >= 0.3 is 6.03 Å². The zero-order valence-electron chi connectivity index (χ0n) is 11.3. The smallest absolute Gasteiger partial charge is 0.323 e. The molecule has 2 aromatic rings. The Morgan fingerprint density at radius 2 is 1.81 bits per heavy atom. The lowest BCUT2D eigenvalue weighted by Crippen LogP contribution is -2.19. The van der Waals surface area contributed by atoms with Crippen molar-refractivity contribution in [1.29, 1.82) is 0 Å². The van der Waals surface area contributed by atoms with E-state index in [0.29, 0.717) is 17.1 Å². The zero-order valence-corrected chi connectivity index (χ0v) is 12.0. The van der Waals surface area contributed by atoms with Gasteiger partial charge in [0.05, 0.1) is 0 Å². The van der Waals surface area contributed by atoms with E-state index in [1.807, 2.05) is 0 Å².